The van der Waals surface area contributed by atoms with Crippen LogP contribution < -0.4 is 5.32 Å². The van der Waals surface area contributed by atoms with Crippen LogP contribution in [0.3, 0.4) is 0 Å². The maximum absolute atomic E-state index is 12.2. The molecule has 1 aromatic heterocycles. The lowest BCUT2D eigenvalue weighted by molar-refractivity contribution is 0.192. The van der Waals surface area contributed by atoms with Crippen molar-refractivity contribution >= 4 is 26.9 Å². The summed E-state index contributed by atoms with van der Waals surface area (Å²) >= 11 is 1.52. The molecule has 2 rings (SSSR count). The molecule has 0 saturated carbocycles. The zero-order valence-corrected chi connectivity index (χ0v) is 13.5. The Morgan fingerprint density at radius 3 is 2.71 bits per heavy atom. The Labute approximate surface area is 129 Å². The lowest BCUT2D eigenvalue weighted by atomic mass is 10.2. The van der Waals surface area contributed by atoms with Crippen LogP contribution in [0.5, 0.6) is 0 Å². The zero-order chi connectivity index (χ0) is 15.3. The third kappa shape index (κ3) is 4.06. The number of nitrogens with one attached hydrogen (secondary N) is 1. The molecule has 1 heterocycles. The highest BCUT2D eigenvalue weighted by molar-refractivity contribution is 7.91. The number of aliphatic hydroxyl groups excluding tert-OH is 1. The van der Waals surface area contributed by atoms with Gasteiger partial charge in [0.2, 0.25) is 0 Å². The maximum atomic E-state index is 12.2. The van der Waals surface area contributed by atoms with Crippen molar-refractivity contribution in [2.75, 3.05) is 17.6 Å². The van der Waals surface area contributed by atoms with E-state index in [1.54, 1.807) is 24.3 Å². The third-order valence-corrected chi connectivity index (χ3v) is 5.78. The molecular formula is C15H19NO3S2. The van der Waals surface area contributed by atoms with Gasteiger partial charge in [-0.2, -0.15) is 11.3 Å². The van der Waals surface area contributed by atoms with Gasteiger partial charge in [-0.15, -0.1) is 0 Å². The summed E-state index contributed by atoms with van der Waals surface area (Å²) in [6, 6.07) is 8.68. The average Bonchev–Trinajstić information content (AvgIpc) is 2.99. The van der Waals surface area contributed by atoms with E-state index >= 15 is 0 Å². The molecule has 0 bridgehead atoms. The van der Waals surface area contributed by atoms with Crippen LogP contribution in [0.25, 0.3) is 0 Å². The van der Waals surface area contributed by atoms with Gasteiger partial charge in [0, 0.05) is 6.54 Å². The van der Waals surface area contributed by atoms with Crippen LogP contribution >= 0.6 is 11.3 Å². The number of para-hydroxylation sites is 1. The topological polar surface area (TPSA) is 66.4 Å². The molecule has 1 aromatic carbocycles. The highest BCUT2D eigenvalue weighted by atomic mass is 32.2. The van der Waals surface area contributed by atoms with E-state index in [-0.39, 0.29) is 12.3 Å². The number of anilines is 1. The minimum absolute atomic E-state index is 0.124. The Morgan fingerprint density at radius 1 is 1.29 bits per heavy atom. The number of hydrogen-bond acceptors (Lipinski definition) is 5. The molecule has 0 aliphatic rings. The van der Waals surface area contributed by atoms with Crippen LogP contribution in [-0.2, 0) is 9.84 Å². The van der Waals surface area contributed by atoms with Crippen LogP contribution in [0.2, 0.25) is 0 Å². The van der Waals surface area contributed by atoms with E-state index in [1.165, 1.54) is 11.3 Å². The van der Waals surface area contributed by atoms with Gasteiger partial charge in [0.05, 0.1) is 22.4 Å². The molecule has 4 nitrogen and oxygen atoms in total. The Kier molecular flexibility index (Phi) is 5.39. The molecule has 114 valence electrons. The van der Waals surface area contributed by atoms with Gasteiger partial charge in [0.25, 0.3) is 0 Å². The molecule has 21 heavy (non-hydrogen) atoms. The zero-order valence-electron chi connectivity index (χ0n) is 11.8. The molecule has 6 heteroatoms. The first-order valence-electron chi connectivity index (χ1n) is 6.80. The van der Waals surface area contributed by atoms with Gasteiger partial charge in [-0.3, -0.25) is 0 Å². The standard InChI is InChI=1S/C15H19NO3S2/c1-2-9-21(18,19)15-6-4-3-5-13(15)16-10-14(17)12-7-8-20-11-12/h3-8,11,14,16-17H,2,9-10H2,1H3. The van der Waals surface area contributed by atoms with Crippen molar-refractivity contribution in [2.24, 2.45) is 0 Å². The molecular weight excluding hydrogens is 306 g/mol. The number of sulfone groups is 1. The van der Waals surface area contributed by atoms with Gasteiger partial charge in [-0.05, 0) is 40.9 Å². The summed E-state index contributed by atoms with van der Waals surface area (Å²) in [5.74, 6) is 0.124. The molecule has 1 unspecified atom stereocenters. The first kappa shape index (κ1) is 16.0. The molecule has 0 aliphatic carbocycles. The summed E-state index contributed by atoms with van der Waals surface area (Å²) in [5, 5.41) is 16.9. The van der Waals surface area contributed by atoms with E-state index < -0.39 is 15.9 Å². The number of rotatable bonds is 7. The summed E-state index contributed by atoms with van der Waals surface area (Å²) in [5.41, 5.74) is 1.38. The largest absolute Gasteiger partial charge is 0.387 e. The Balaban J connectivity index is 2.14. The van der Waals surface area contributed by atoms with E-state index in [1.807, 2.05) is 23.8 Å². The highest BCUT2D eigenvalue weighted by Crippen LogP contribution is 2.24. The quantitative estimate of drug-likeness (QED) is 0.821. The Bertz CT molecular complexity index is 666. The summed E-state index contributed by atoms with van der Waals surface area (Å²) in [7, 11) is -3.28. The van der Waals surface area contributed by atoms with Gasteiger partial charge >= 0.3 is 0 Å². The van der Waals surface area contributed by atoms with E-state index in [0.717, 1.165) is 5.56 Å². The van der Waals surface area contributed by atoms with Gasteiger partial charge in [-0.25, -0.2) is 8.42 Å². The molecule has 0 radical (unpaired) electrons. The van der Waals surface area contributed by atoms with Crippen molar-refractivity contribution in [3.05, 3.63) is 46.7 Å². The van der Waals surface area contributed by atoms with Crippen molar-refractivity contribution in [3.8, 4) is 0 Å². The Morgan fingerprint density at radius 2 is 2.05 bits per heavy atom. The number of thiophene rings is 1. The fourth-order valence-corrected chi connectivity index (χ4v) is 4.28. The molecule has 0 saturated heterocycles. The van der Waals surface area contributed by atoms with E-state index in [2.05, 4.69) is 5.32 Å². The van der Waals surface area contributed by atoms with E-state index in [0.29, 0.717) is 17.0 Å². The first-order chi connectivity index (χ1) is 10.0. The molecule has 1 atom stereocenters. The van der Waals surface area contributed by atoms with E-state index in [4.69, 9.17) is 0 Å². The lowest BCUT2D eigenvalue weighted by Crippen LogP contribution is -2.15. The van der Waals surface area contributed by atoms with Crippen LogP contribution in [0.15, 0.2) is 46.0 Å². The van der Waals surface area contributed by atoms with Crippen LogP contribution in [0.4, 0.5) is 5.69 Å². The normalized spacial score (nSPS) is 13.0. The molecule has 0 fully saturated rings. The molecule has 0 amide bonds. The average molecular weight is 325 g/mol. The van der Waals surface area contributed by atoms with Crippen molar-refractivity contribution in [3.63, 3.8) is 0 Å². The van der Waals surface area contributed by atoms with Crippen molar-refractivity contribution in [1.82, 2.24) is 0 Å². The van der Waals surface area contributed by atoms with E-state index in [9.17, 15) is 13.5 Å². The summed E-state index contributed by atoms with van der Waals surface area (Å²) in [6.07, 6.45) is -0.0769. The van der Waals surface area contributed by atoms with Crippen LogP contribution in [0, 0.1) is 0 Å². The van der Waals surface area contributed by atoms with Gasteiger partial charge in [-0.1, -0.05) is 19.1 Å². The molecule has 2 N–H and O–H groups in total. The van der Waals surface area contributed by atoms with Crippen LogP contribution in [0.1, 0.15) is 25.0 Å². The highest BCUT2D eigenvalue weighted by Gasteiger charge is 2.18. The molecule has 2 aromatic rings. The second kappa shape index (κ2) is 7.06. The van der Waals surface area contributed by atoms with Crippen molar-refractivity contribution in [1.29, 1.82) is 0 Å². The van der Waals surface area contributed by atoms with Crippen molar-refractivity contribution in [2.45, 2.75) is 24.3 Å². The van der Waals surface area contributed by atoms with Gasteiger partial charge < -0.3 is 10.4 Å². The fourth-order valence-electron chi connectivity index (χ4n) is 2.05. The summed E-state index contributed by atoms with van der Waals surface area (Å²) in [6.45, 7) is 2.11. The van der Waals surface area contributed by atoms with Crippen molar-refractivity contribution < 1.29 is 13.5 Å². The van der Waals surface area contributed by atoms with Crippen LogP contribution in [-0.4, -0.2) is 25.8 Å². The molecule has 0 aliphatic heterocycles. The predicted octanol–water partition coefficient (Wildman–Crippen LogP) is 3.08. The monoisotopic (exact) mass is 325 g/mol. The summed E-state index contributed by atoms with van der Waals surface area (Å²) < 4.78 is 24.5. The second-order valence-corrected chi connectivity index (χ2v) is 7.63. The van der Waals surface area contributed by atoms with Gasteiger partial charge in [0.1, 0.15) is 0 Å². The molecule has 0 spiro atoms. The minimum Gasteiger partial charge on any atom is -0.387 e. The smallest absolute Gasteiger partial charge is 0.180 e. The minimum atomic E-state index is -3.28. The third-order valence-electron chi connectivity index (χ3n) is 3.11. The SMILES string of the molecule is CCCS(=O)(=O)c1ccccc1NCC(O)c1ccsc1. The fraction of sp³-hybridized carbons (Fsp3) is 0.333. The predicted molar refractivity (Wildman–Crippen MR) is 86.6 cm³/mol. The lowest BCUT2D eigenvalue weighted by Gasteiger charge is -2.15. The Hall–Kier alpha value is -1.37. The number of aliphatic hydroxyl groups is 1. The summed E-state index contributed by atoms with van der Waals surface area (Å²) in [4.78, 5) is 0.296. The second-order valence-electron chi connectivity index (χ2n) is 4.77. The van der Waals surface area contributed by atoms with Gasteiger partial charge in [0.15, 0.2) is 9.84 Å². The maximum Gasteiger partial charge on any atom is 0.180 e. The number of hydrogen-bond donors (Lipinski definition) is 2. The first-order valence-corrected chi connectivity index (χ1v) is 9.40. The number of benzene rings is 1.